The van der Waals surface area contributed by atoms with Gasteiger partial charge in [-0.25, -0.2) is 9.59 Å². The van der Waals surface area contributed by atoms with Gasteiger partial charge in [-0.3, -0.25) is 14.4 Å². The lowest BCUT2D eigenvalue weighted by Gasteiger charge is -2.32. The van der Waals surface area contributed by atoms with E-state index in [1.54, 1.807) is 6.92 Å². The smallest absolute Gasteiger partial charge is 0.408 e. The Kier molecular flexibility index (Phi) is 13.6. The van der Waals surface area contributed by atoms with Crippen molar-refractivity contribution in [1.82, 2.24) is 15.5 Å². The van der Waals surface area contributed by atoms with E-state index in [4.69, 9.17) is 15.2 Å². The second kappa shape index (κ2) is 17.6. The fraction of sp³-hybridized carbons (Fsp3) is 0.441. The van der Waals surface area contributed by atoms with Gasteiger partial charge in [-0.2, -0.15) is 0 Å². The molecule has 0 aromatic heterocycles. The second-order valence-electron chi connectivity index (χ2n) is 11.4. The zero-order valence-corrected chi connectivity index (χ0v) is 26.1. The largest absolute Gasteiger partial charge is 0.463 e. The summed E-state index contributed by atoms with van der Waals surface area (Å²) in [7, 11) is 0. The molecule has 0 saturated carbocycles. The number of nitrogens with one attached hydrogen (secondary N) is 2. The molecule has 0 aliphatic carbocycles. The number of rotatable bonds is 15. The molecule has 45 heavy (non-hydrogen) atoms. The summed E-state index contributed by atoms with van der Waals surface area (Å²) in [5.41, 5.74) is 7.06. The quantitative estimate of drug-likeness (QED) is 0.203. The zero-order valence-electron chi connectivity index (χ0n) is 26.1. The van der Waals surface area contributed by atoms with Crippen LogP contribution in [0.3, 0.4) is 0 Å². The highest BCUT2D eigenvalue weighted by Gasteiger charge is 2.45. The first-order valence-electron chi connectivity index (χ1n) is 15.3. The maximum absolute atomic E-state index is 14.1. The average Bonchev–Trinajstić information content (AvgIpc) is 3.47. The molecule has 1 heterocycles. The van der Waals surface area contributed by atoms with Gasteiger partial charge in [-0.05, 0) is 43.2 Å². The molecule has 1 aliphatic rings. The number of esters is 1. The third-order valence-electron chi connectivity index (χ3n) is 7.47. The van der Waals surface area contributed by atoms with Crippen molar-refractivity contribution >= 4 is 29.8 Å². The molecule has 1 saturated heterocycles. The minimum absolute atomic E-state index is 0.0288. The van der Waals surface area contributed by atoms with Gasteiger partial charge in [0.05, 0.1) is 6.61 Å². The van der Waals surface area contributed by atoms with Crippen LogP contribution >= 0.6 is 0 Å². The molecule has 0 spiro atoms. The Morgan fingerprint density at radius 1 is 0.978 bits per heavy atom. The van der Waals surface area contributed by atoms with Crippen molar-refractivity contribution in [3.05, 3.63) is 83.9 Å². The predicted molar refractivity (Wildman–Crippen MR) is 168 cm³/mol. The molecule has 0 radical (unpaired) electrons. The van der Waals surface area contributed by atoms with Gasteiger partial charge in [0.1, 0.15) is 18.7 Å². The van der Waals surface area contributed by atoms with Crippen LogP contribution in [-0.4, -0.2) is 66.0 Å². The molecule has 4 N–H and O–H groups in total. The molecule has 4 atom stereocenters. The van der Waals surface area contributed by atoms with Crippen molar-refractivity contribution in [2.24, 2.45) is 11.7 Å². The number of carbonyl (C=O) groups is 5. The molecule has 4 amide bonds. The number of likely N-dealkylation sites (tertiary alicyclic amines) is 1. The summed E-state index contributed by atoms with van der Waals surface area (Å²) >= 11 is 0. The van der Waals surface area contributed by atoms with Crippen LogP contribution in [-0.2, 0) is 35.3 Å². The number of hydrogen-bond donors (Lipinski definition) is 3. The van der Waals surface area contributed by atoms with Crippen molar-refractivity contribution in [1.29, 1.82) is 0 Å². The molecule has 2 aromatic carbocycles. The number of nitrogens with zero attached hydrogens (tertiary/aromatic N) is 1. The van der Waals surface area contributed by atoms with Crippen molar-refractivity contribution in [2.75, 3.05) is 13.2 Å². The van der Waals surface area contributed by atoms with Crippen LogP contribution in [0.5, 0.6) is 0 Å². The molecule has 4 unspecified atom stereocenters. The number of benzene rings is 2. The number of amides is 4. The summed E-state index contributed by atoms with van der Waals surface area (Å²) in [6.07, 6.45) is 2.91. The molecule has 1 fully saturated rings. The normalized spacial score (nSPS) is 17.5. The molecule has 3 rings (SSSR count). The first kappa shape index (κ1) is 34.8. The zero-order chi connectivity index (χ0) is 32.8. The van der Waals surface area contributed by atoms with Crippen LogP contribution in [0.15, 0.2) is 72.8 Å². The van der Waals surface area contributed by atoms with E-state index < -0.39 is 47.9 Å². The highest BCUT2D eigenvalue weighted by molar-refractivity contribution is 5.93. The van der Waals surface area contributed by atoms with Gasteiger partial charge >= 0.3 is 12.1 Å². The van der Waals surface area contributed by atoms with E-state index in [0.29, 0.717) is 12.8 Å². The maximum atomic E-state index is 14.1. The van der Waals surface area contributed by atoms with Gasteiger partial charge in [0.25, 0.3) is 0 Å². The number of hydrogen-bond acceptors (Lipinski definition) is 7. The summed E-state index contributed by atoms with van der Waals surface area (Å²) in [6.45, 7) is 6.08. The summed E-state index contributed by atoms with van der Waals surface area (Å²) in [4.78, 5) is 66.0. The number of ether oxygens (including phenoxy) is 2. The SMILES string of the molecule is CCOC(=O)/C=C/C(CCC(N)=O)NC(=O)C1C(c2ccccc2)CCN1C(=O)C(CC(C)C)NC(=O)OCc1ccccc1. The van der Waals surface area contributed by atoms with E-state index in [1.165, 1.54) is 17.1 Å². The lowest BCUT2D eigenvalue weighted by Crippen LogP contribution is -2.55. The minimum atomic E-state index is -0.924. The fourth-order valence-electron chi connectivity index (χ4n) is 5.38. The first-order chi connectivity index (χ1) is 21.6. The summed E-state index contributed by atoms with van der Waals surface area (Å²) < 4.78 is 10.3. The monoisotopic (exact) mass is 620 g/mol. The fourth-order valence-corrected chi connectivity index (χ4v) is 5.38. The van der Waals surface area contributed by atoms with Gasteiger partial charge in [-0.1, -0.05) is 80.6 Å². The summed E-state index contributed by atoms with van der Waals surface area (Å²) in [6, 6.07) is 16.1. The number of primary amides is 1. The number of alkyl carbamates (subject to hydrolysis) is 1. The third-order valence-corrected chi connectivity index (χ3v) is 7.47. The highest BCUT2D eigenvalue weighted by Crippen LogP contribution is 2.34. The van der Waals surface area contributed by atoms with E-state index in [9.17, 15) is 24.0 Å². The summed E-state index contributed by atoms with van der Waals surface area (Å²) in [5, 5.41) is 5.64. The van der Waals surface area contributed by atoms with Crippen molar-refractivity contribution in [3.63, 3.8) is 0 Å². The van der Waals surface area contributed by atoms with Gasteiger partial charge in [-0.15, -0.1) is 0 Å². The molecule has 1 aliphatic heterocycles. The molecule has 2 aromatic rings. The Hall–Kier alpha value is -4.67. The van der Waals surface area contributed by atoms with E-state index in [2.05, 4.69) is 10.6 Å². The molecule has 0 bridgehead atoms. The first-order valence-corrected chi connectivity index (χ1v) is 15.3. The molecule has 242 valence electrons. The van der Waals surface area contributed by atoms with Gasteiger partial charge in [0, 0.05) is 31.0 Å². The van der Waals surface area contributed by atoms with Crippen molar-refractivity contribution in [3.8, 4) is 0 Å². The van der Waals surface area contributed by atoms with E-state index in [-0.39, 0.29) is 44.4 Å². The Morgan fingerprint density at radius 3 is 2.27 bits per heavy atom. The summed E-state index contributed by atoms with van der Waals surface area (Å²) in [5.74, 6) is -2.26. The van der Waals surface area contributed by atoms with E-state index in [0.717, 1.165) is 11.1 Å². The second-order valence-corrected chi connectivity index (χ2v) is 11.4. The molecule has 11 heteroatoms. The molecular weight excluding hydrogens is 576 g/mol. The molecular formula is C34H44N4O7. The Balaban J connectivity index is 1.85. The standard InChI is InChI=1S/C34H44N4O7/c1-4-44-30(40)18-16-26(15-17-29(35)39)36-32(41)31-27(25-13-9-6-10-14-25)19-20-38(31)33(42)28(21-23(2)3)37-34(43)45-22-24-11-7-5-8-12-24/h5-14,16,18,23,26-28,31H,4,15,17,19-22H2,1-3H3,(H2,35,39)(H,36,41)(H,37,43)/b18-16+. The molecule has 11 nitrogen and oxygen atoms in total. The van der Waals surface area contributed by atoms with Gasteiger partial charge in [0.2, 0.25) is 17.7 Å². The van der Waals surface area contributed by atoms with Crippen LogP contribution in [0, 0.1) is 5.92 Å². The van der Waals surface area contributed by atoms with Gasteiger partial charge in [0.15, 0.2) is 0 Å². The van der Waals surface area contributed by atoms with Crippen molar-refractivity contribution < 1.29 is 33.4 Å². The Labute approximate surface area is 264 Å². The Morgan fingerprint density at radius 2 is 1.64 bits per heavy atom. The third kappa shape index (κ3) is 11.1. The van der Waals surface area contributed by atoms with Crippen LogP contribution in [0.4, 0.5) is 4.79 Å². The maximum Gasteiger partial charge on any atom is 0.408 e. The highest BCUT2D eigenvalue weighted by atomic mass is 16.5. The topological polar surface area (TPSA) is 157 Å². The van der Waals surface area contributed by atoms with Crippen LogP contribution in [0.25, 0.3) is 0 Å². The lowest BCUT2D eigenvalue weighted by molar-refractivity contribution is -0.140. The van der Waals surface area contributed by atoms with Crippen molar-refractivity contribution in [2.45, 2.75) is 77.1 Å². The Bertz CT molecular complexity index is 1320. The van der Waals surface area contributed by atoms with Crippen LogP contribution < -0.4 is 16.4 Å². The van der Waals surface area contributed by atoms with Gasteiger partial charge < -0.3 is 30.7 Å². The minimum Gasteiger partial charge on any atom is -0.463 e. The van der Waals surface area contributed by atoms with Crippen LogP contribution in [0.1, 0.15) is 63.5 Å². The lowest BCUT2D eigenvalue weighted by atomic mass is 9.90. The predicted octanol–water partition coefficient (Wildman–Crippen LogP) is 3.58. The van der Waals surface area contributed by atoms with Crippen LogP contribution in [0.2, 0.25) is 0 Å². The van der Waals surface area contributed by atoms with E-state index >= 15 is 0 Å². The number of nitrogens with two attached hydrogens (primary N) is 1. The number of carbonyl (C=O) groups excluding carboxylic acids is 5. The average molecular weight is 621 g/mol. The van der Waals surface area contributed by atoms with E-state index in [1.807, 2.05) is 74.5 Å².